The van der Waals surface area contributed by atoms with Crippen LogP contribution in [0.3, 0.4) is 0 Å². The highest BCUT2D eigenvalue weighted by molar-refractivity contribution is 8.18. The third kappa shape index (κ3) is 5.35. The summed E-state index contributed by atoms with van der Waals surface area (Å²) in [6.45, 7) is 5.45. The Morgan fingerprint density at radius 1 is 1.19 bits per heavy atom. The Morgan fingerprint density at radius 3 is 2.68 bits per heavy atom. The van der Waals surface area contributed by atoms with E-state index in [1.54, 1.807) is 42.5 Å². The van der Waals surface area contributed by atoms with Gasteiger partial charge in [-0.1, -0.05) is 36.9 Å². The van der Waals surface area contributed by atoms with E-state index in [4.69, 9.17) is 9.47 Å². The number of benzene rings is 2. The van der Waals surface area contributed by atoms with Crippen molar-refractivity contribution in [2.24, 2.45) is 0 Å². The lowest BCUT2D eigenvalue weighted by Crippen LogP contribution is -2.36. The number of ether oxygens (including phenoxy) is 2. The van der Waals surface area contributed by atoms with Crippen molar-refractivity contribution < 1.29 is 23.9 Å². The molecule has 0 aliphatic carbocycles. The van der Waals surface area contributed by atoms with E-state index in [-0.39, 0.29) is 11.4 Å². The van der Waals surface area contributed by atoms with Crippen molar-refractivity contribution >= 4 is 40.6 Å². The van der Waals surface area contributed by atoms with Gasteiger partial charge in [0.2, 0.25) is 5.91 Å². The standard InChI is InChI=1S/C23H22N2O5S/c1-4-11-30-18-10-9-16(12-19(18)29-3)13-20-22(27)25(23(28)31-20)14-21(26)24-17-8-6-5-7-15(17)2/h4-10,12-13H,1,11,14H2,2-3H3,(H,24,26)/b20-13+. The van der Waals surface area contributed by atoms with Crippen molar-refractivity contribution in [3.8, 4) is 11.5 Å². The number of imide groups is 1. The summed E-state index contributed by atoms with van der Waals surface area (Å²) >= 11 is 0.793. The van der Waals surface area contributed by atoms with E-state index in [2.05, 4.69) is 11.9 Å². The zero-order valence-electron chi connectivity index (χ0n) is 17.2. The molecule has 0 saturated carbocycles. The number of amides is 3. The van der Waals surface area contributed by atoms with E-state index in [0.29, 0.717) is 29.4 Å². The summed E-state index contributed by atoms with van der Waals surface area (Å²) in [5, 5.41) is 2.24. The van der Waals surface area contributed by atoms with Gasteiger partial charge in [0.1, 0.15) is 13.2 Å². The number of rotatable bonds is 8. The summed E-state index contributed by atoms with van der Waals surface area (Å²) in [5.74, 6) is 0.0806. The number of thioether (sulfide) groups is 1. The van der Waals surface area contributed by atoms with Gasteiger partial charge in [-0.25, -0.2) is 0 Å². The average Bonchev–Trinajstić information content (AvgIpc) is 3.01. The molecule has 0 radical (unpaired) electrons. The number of hydrogen-bond donors (Lipinski definition) is 1. The molecule has 0 atom stereocenters. The maximum absolute atomic E-state index is 12.7. The predicted octanol–water partition coefficient (Wildman–Crippen LogP) is 4.24. The van der Waals surface area contributed by atoms with Crippen molar-refractivity contribution in [2.45, 2.75) is 6.92 Å². The molecule has 1 N–H and O–H groups in total. The first-order chi connectivity index (χ1) is 14.9. The summed E-state index contributed by atoms with van der Waals surface area (Å²) in [6.07, 6.45) is 3.21. The normalized spacial score (nSPS) is 14.6. The fraction of sp³-hybridized carbons (Fsp3) is 0.174. The molecule has 1 aliphatic heterocycles. The number of carbonyl (C=O) groups is 3. The fourth-order valence-corrected chi connectivity index (χ4v) is 3.71. The minimum absolute atomic E-state index is 0.232. The number of aryl methyl sites for hydroxylation is 1. The van der Waals surface area contributed by atoms with Crippen LogP contribution in [0.4, 0.5) is 10.5 Å². The second kappa shape index (κ2) is 9.99. The van der Waals surface area contributed by atoms with Crippen LogP contribution in [0.1, 0.15) is 11.1 Å². The fourth-order valence-electron chi connectivity index (χ4n) is 2.88. The number of hydrogen-bond acceptors (Lipinski definition) is 6. The maximum atomic E-state index is 12.7. The summed E-state index contributed by atoms with van der Waals surface area (Å²) < 4.78 is 10.8. The molecule has 1 aliphatic rings. The van der Waals surface area contributed by atoms with Gasteiger partial charge in [-0.3, -0.25) is 19.3 Å². The average molecular weight is 439 g/mol. The number of nitrogens with zero attached hydrogens (tertiary/aromatic N) is 1. The Kier molecular flexibility index (Phi) is 7.15. The number of para-hydroxylation sites is 1. The third-order valence-electron chi connectivity index (χ3n) is 4.44. The molecule has 0 aromatic heterocycles. The topological polar surface area (TPSA) is 84.9 Å². The molecule has 3 amide bonds. The van der Waals surface area contributed by atoms with Crippen LogP contribution in [0.15, 0.2) is 60.0 Å². The molecule has 3 rings (SSSR count). The van der Waals surface area contributed by atoms with Crippen LogP contribution < -0.4 is 14.8 Å². The first kappa shape index (κ1) is 22.2. The van der Waals surface area contributed by atoms with E-state index in [1.807, 2.05) is 19.1 Å². The highest BCUT2D eigenvalue weighted by atomic mass is 32.2. The largest absolute Gasteiger partial charge is 0.493 e. The van der Waals surface area contributed by atoms with Gasteiger partial charge in [0.05, 0.1) is 12.0 Å². The van der Waals surface area contributed by atoms with Crippen molar-refractivity contribution in [1.82, 2.24) is 4.90 Å². The number of anilines is 1. The van der Waals surface area contributed by atoms with Gasteiger partial charge in [-0.05, 0) is 54.1 Å². The van der Waals surface area contributed by atoms with Gasteiger partial charge in [0.15, 0.2) is 11.5 Å². The van der Waals surface area contributed by atoms with Gasteiger partial charge >= 0.3 is 0 Å². The zero-order valence-corrected chi connectivity index (χ0v) is 18.0. The smallest absolute Gasteiger partial charge is 0.294 e. The van der Waals surface area contributed by atoms with Crippen molar-refractivity contribution in [1.29, 1.82) is 0 Å². The van der Waals surface area contributed by atoms with Gasteiger partial charge in [-0.15, -0.1) is 0 Å². The van der Waals surface area contributed by atoms with Gasteiger partial charge in [0.25, 0.3) is 11.1 Å². The monoisotopic (exact) mass is 438 g/mol. The molecule has 1 saturated heterocycles. The highest BCUT2D eigenvalue weighted by Gasteiger charge is 2.36. The molecule has 7 nitrogen and oxygen atoms in total. The van der Waals surface area contributed by atoms with Crippen LogP contribution in [0.25, 0.3) is 6.08 Å². The molecular formula is C23H22N2O5S. The van der Waals surface area contributed by atoms with Gasteiger partial charge < -0.3 is 14.8 Å². The van der Waals surface area contributed by atoms with Crippen LogP contribution in [0.2, 0.25) is 0 Å². The summed E-state index contributed by atoms with van der Waals surface area (Å²) in [7, 11) is 1.51. The SMILES string of the molecule is C=CCOc1ccc(/C=C2/SC(=O)N(CC(=O)Nc3ccccc3C)C2=O)cc1OC. The Bertz CT molecular complexity index is 1060. The van der Waals surface area contributed by atoms with Crippen LogP contribution >= 0.6 is 11.8 Å². The molecule has 2 aromatic carbocycles. The van der Waals surface area contributed by atoms with Crippen molar-refractivity contribution in [3.63, 3.8) is 0 Å². The molecular weight excluding hydrogens is 416 g/mol. The molecule has 0 bridgehead atoms. The van der Waals surface area contributed by atoms with E-state index >= 15 is 0 Å². The maximum Gasteiger partial charge on any atom is 0.294 e. The molecule has 2 aromatic rings. The quantitative estimate of drug-likeness (QED) is 0.490. The number of nitrogens with one attached hydrogen (secondary N) is 1. The number of carbonyl (C=O) groups excluding carboxylic acids is 3. The third-order valence-corrected chi connectivity index (χ3v) is 5.34. The molecule has 0 spiro atoms. The van der Waals surface area contributed by atoms with Crippen LogP contribution in [-0.2, 0) is 9.59 Å². The minimum Gasteiger partial charge on any atom is -0.493 e. The first-order valence-electron chi connectivity index (χ1n) is 9.45. The first-order valence-corrected chi connectivity index (χ1v) is 10.3. The van der Waals surface area contributed by atoms with E-state index in [9.17, 15) is 14.4 Å². The summed E-state index contributed by atoms with van der Waals surface area (Å²) in [4.78, 5) is 38.6. The predicted molar refractivity (Wildman–Crippen MR) is 121 cm³/mol. The lowest BCUT2D eigenvalue weighted by molar-refractivity contribution is -0.127. The molecule has 0 unspecified atom stereocenters. The van der Waals surface area contributed by atoms with Crippen LogP contribution in [0.5, 0.6) is 11.5 Å². The molecule has 31 heavy (non-hydrogen) atoms. The van der Waals surface area contributed by atoms with Crippen molar-refractivity contribution in [2.75, 3.05) is 25.6 Å². The summed E-state index contributed by atoms with van der Waals surface area (Å²) in [5.41, 5.74) is 2.19. The van der Waals surface area contributed by atoms with Gasteiger partial charge in [-0.2, -0.15) is 0 Å². The Hall–Kier alpha value is -3.52. The van der Waals surface area contributed by atoms with E-state index < -0.39 is 17.1 Å². The minimum atomic E-state index is -0.513. The Labute approximate surface area is 184 Å². The Morgan fingerprint density at radius 2 is 1.97 bits per heavy atom. The lowest BCUT2D eigenvalue weighted by Gasteiger charge is -2.13. The molecule has 1 fully saturated rings. The highest BCUT2D eigenvalue weighted by Crippen LogP contribution is 2.34. The van der Waals surface area contributed by atoms with Gasteiger partial charge in [0, 0.05) is 5.69 Å². The second-order valence-corrected chi connectivity index (χ2v) is 7.63. The summed E-state index contributed by atoms with van der Waals surface area (Å²) in [6, 6.07) is 12.5. The number of methoxy groups -OCH3 is 1. The molecule has 160 valence electrons. The van der Waals surface area contributed by atoms with E-state index in [0.717, 1.165) is 22.2 Å². The van der Waals surface area contributed by atoms with Crippen LogP contribution in [0, 0.1) is 6.92 Å². The van der Waals surface area contributed by atoms with E-state index in [1.165, 1.54) is 7.11 Å². The molecule has 8 heteroatoms. The van der Waals surface area contributed by atoms with Crippen LogP contribution in [-0.4, -0.2) is 42.2 Å². The molecule has 1 heterocycles. The van der Waals surface area contributed by atoms with Crippen molar-refractivity contribution in [3.05, 3.63) is 71.2 Å². The zero-order chi connectivity index (χ0) is 22.4. The Balaban J connectivity index is 1.72. The lowest BCUT2D eigenvalue weighted by atomic mass is 10.2. The second-order valence-electron chi connectivity index (χ2n) is 6.64.